The van der Waals surface area contributed by atoms with Gasteiger partial charge in [0.2, 0.25) is 5.91 Å². The number of tetrazole rings is 1. The molecule has 1 amide bonds. The van der Waals surface area contributed by atoms with Crippen molar-refractivity contribution in [3.05, 3.63) is 35.9 Å². The molecule has 34 heavy (non-hydrogen) atoms. The summed E-state index contributed by atoms with van der Waals surface area (Å²) in [6.45, 7) is 5.65. The highest BCUT2D eigenvalue weighted by atomic mass is 19.1. The lowest BCUT2D eigenvalue weighted by Crippen LogP contribution is -2.47. The number of amides is 1. The molecule has 2 aromatic rings. The molecule has 182 valence electrons. The number of anilines is 1. The number of esters is 1. The summed E-state index contributed by atoms with van der Waals surface area (Å²) in [6.07, 6.45) is 2.91. The summed E-state index contributed by atoms with van der Waals surface area (Å²) < 4.78 is 18.9. The summed E-state index contributed by atoms with van der Waals surface area (Å²) in [5, 5.41) is 13.4. The van der Waals surface area contributed by atoms with Crippen LogP contribution in [0.25, 0.3) is 0 Å². The minimum absolute atomic E-state index is 0.0314. The molecule has 3 saturated heterocycles. The maximum atomic E-state index is 13.2. The number of H-pyrrole nitrogens is 1. The van der Waals surface area contributed by atoms with Gasteiger partial charge in [-0.25, -0.2) is 9.49 Å². The minimum Gasteiger partial charge on any atom is -0.462 e. The normalized spacial score (nSPS) is 22.9. The third-order valence-corrected chi connectivity index (χ3v) is 7.44. The fraction of sp³-hybridized carbons (Fsp3) is 0.609. The first-order valence-corrected chi connectivity index (χ1v) is 12.0. The lowest BCUT2D eigenvalue weighted by molar-refractivity contribution is -0.152. The van der Waals surface area contributed by atoms with E-state index in [0.29, 0.717) is 31.8 Å². The number of aromatic nitrogens is 4. The summed E-state index contributed by atoms with van der Waals surface area (Å²) in [6, 6.07) is 6.65. The number of carbonyl (C=O) groups excluding carboxylic acids is 2. The van der Waals surface area contributed by atoms with Gasteiger partial charge in [-0.3, -0.25) is 14.5 Å². The van der Waals surface area contributed by atoms with Crippen LogP contribution in [0.3, 0.4) is 0 Å². The Bertz CT molecular complexity index is 985. The highest BCUT2D eigenvalue weighted by molar-refractivity contribution is 5.81. The van der Waals surface area contributed by atoms with Gasteiger partial charge in [0, 0.05) is 57.9 Å². The Morgan fingerprint density at radius 3 is 2.53 bits per heavy atom. The van der Waals surface area contributed by atoms with E-state index in [1.54, 1.807) is 4.90 Å². The number of hydrogen-bond donors (Lipinski definition) is 1. The van der Waals surface area contributed by atoms with Crippen molar-refractivity contribution in [1.29, 1.82) is 0 Å². The highest BCUT2D eigenvalue weighted by Gasteiger charge is 2.50. The Hall–Kier alpha value is -3.08. The van der Waals surface area contributed by atoms with Crippen molar-refractivity contribution >= 4 is 17.6 Å². The van der Waals surface area contributed by atoms with E-state index in [1.807, 2.05) is 12.1 Å². The molecule has 3 fully saturated rings. The minimum atomic E-state index is -0.462. The molecular formula is C23H30FN7O3. The number of benzene rings is 1. The molecule has 1 N–H and O–H groups in total. The molecule has 0 aliphatic carbocycles. The monoisotopic (exact) mass is 471 g/mol. The second-order valence-corrected chi connectivity index (χ2v) is 9.51. The van der Waals surface area contributed by atoms with Crippen molar-refractivity contribution in [1.82, 2.24) is 30.4 Å². The molecule has 4 heterocycles. The molecule has 11 heteroatoms. The Morgan fingerprint density at radius 2 is 1.85 bits per heavy atom. The molecule has 3 aliphatic heterocycles. The van der Waals surface area contributed by atoms with Crippen LogP contribution in [0.1, 0.15) is 31.5 Å². The van der Waals surface area contributed by atoms with Crippen LogP contribution in [-0.2, 0) is 20.7 Å². The number of cyclic esters (lactones) is 1. The first kappa shape index (κ1) is 22.7. The van der Waals surface area contributed by atoms with Crippen molar-refractivity contribution in [2.75, 3.05) is 50.7 Å². The fourth-order valence-corrected chi connectivity index (χ4v) is 5.31. The van der Waals surface area contributed by atoms with Gasteiger partial charge in [-0.2, -0.15) is 0 Å². The van der Waals surface area contributed by atoms with E-state index in [0.717, 1.165) is 51.3 Å². The van der Waals surface area contributed by atoms with Gasteiger partial charge in [-0.05, 0) is 54.0 Å². The first-order chi connectivity index (χ1) is 16.5. The summed E-state index contributed by atoms with van der Waals surface area (Å²) in [4.78, 5) is 31.7. The third kappa shape index (κ3) is 4.89. The lowest BCUT2D eigenvalue weighted by Gasteiger charge is -2.37. The Balaban J connectivity index is 1.05. The van der Waals surface area contributed by atoms with Crippen molar-refractivity contribution in [2.45, 2.75) is 38.2 Å². The van der Waals surface area contributed by atoms with E-state index < -0.39 is 5.41 Å². The van der Waals surface area contributed by atoms with Gasteiger partial charge in [0.05, 0.1) is 11.8 Å². The van der Waals surface area contributed by atoms with E-state index in [9.17, 15) is 14.0 Å². The number of ether oxygens (including phenoxy) is 1. The van der Waals surface area contributed by atoms with Gasteiger partial charge in [0.25, 0.3) is 0 Å². The molecule has 0 saturated carbocycles. The Morgan fingerprint density at radius 1 is 1.12 bits per heavy atom. The molecule has 5 rings (SSSR count). The van der Waals surface area contributed by atoms with Crippen LogP contribution in [0.2, 0.25) is 0 Å². The number of rotatable bonds is 6. The van der Waals surface area contributed by atoms with Crippen molar-refractivity contribution in [3.63, 3.8) is 0 Å². The van der Waals surface area contributed by atoms with Crippen LogP contribution in [0.4, 0.5) is 10.1 Å². The molecule has 10 nitrogen and oxygen atoms in total. The van der Waals surface area contributed by atoms with Gasteiger partial charge < -0.3 is 14.5 Å². The molecule has 1 spiro atoms. The molecule has 1 aromatic heterocycles. The van der Waals surface area contributed by atoms with E-state index in [-0.39, 0.29) is 30.2 Å². The van der Waals surface area contributed by atoms with Crippen molar-refractivity contribution < 1.29 is 18.7 Å². The predicted molar refractivity (Wildman–Crippen MR) is 120 cm³/mol. The SMILES string of the molecule is O=C(Cc1nnn[nH]1)N1CCC2(CC1)C[C@H](CCN1CCN(c3ccc(F)cc3)CC1)OC2=O. The second kappa shape index (κ2) is 9.65. The van der Waals surface area contributed by atoms with Crippen LogP contribution in [0.5, 0.6) is 0 Å². The summed E-state index contributed by atoms with van der Waals surface area (Å²) in [7, 11) is 0. The number of piperazine rings is 1. The van der Waals surface area contributed by atoms with Gasteiger partial charge >= 0.3 is 5.97 Å². The molecule has 1 aromatic carbocycles. The number of nitrogens with one attached hydrogen (secondary N) is 1. The van der Waals surface area contributed by atoms with Crippen LogP contribution >= 0.6 is 0 Å². The fourth-order valence-electron chi connectivity index (χ4n) is 5.31. The molecule has 1 atom stereocenters. The highest BCUT2D eigenvalue weighted by Crippen LogP contribution is 2.44. The zero-order chi connectivity index (χ0) is 23.5. The van der Waals surface area contributed by atoms with E-state index >= 15 is 0 Å². The van der Waals surface area contributed by atoms with Crippen molar-refractivity contribution in [2.24, 2.45) is 5.41 Å². The van der Waals surface area contributed by atoms with Gasteiger partial charge in [0.1, 0.15) is 11.9 Å². The first-order valence-electron chi connectivity index (χ1n) is 12.0. The maximum Gasteiger partial charge on any atom is 0.312 e. The average molecular weight is 472 g/mol. The number of nitrogens with zero attached hydrogens (tertiary/aromatic N) is 6. The zero-order valence-corrected chi connectivity index (χ0v) is 19.2. The average Bonchev–Trinajstić information content (AvgIpc) is 3.47. The Labute approximate surface area is 197 Å². The van der Waals surface area contributed by atoms with Crippen LogP contribution in [0.15, 0.2) is 24.3 Å². The van der Waals surface area contributed by atoms with E-state index in [4.69, 9.17) is 4.74 Å². The molecule has 0 radical (unpaired) electrons. The van der Waals surface area contributed by atoms with Gasteiger partial charge in [-0.1, -0.05) is 0 Å². The van der Waals surface area contributed by atoms with Gasteiger partial charge in [0.15, 0.2) is 5.82 Å². The predicted octanol–water partition coefficient (Wildman–Crippen LogP) is 1.02. The number of aromatic amines is 1. The van der Waals surface area contributed by atoms with E-state index in [1.165, 1.54) is 12.1 Å². The number of likely N-dealkylation sites (tertiary alicyclic amines) is 1. The van der Waals surface area contributed by atoms with Crippen LogP contribution in [-0.4, -0.2) is 94.2 Å². The molecular weight excluding hydrogens is 441 g/mol. The van der Waals surface area contributed by atoms with Crippen LogP contribution < -0.4 is 4.90 Å². The standard InChI is InChI=1S/C23H30FN7O3/c24-17-1-3-18(4-2-17)30-13-11-29(12-14-30)8-5-19-16-23(22(33)34-19)6-9-31(10-7-23)21(32)15-20-25-27-28-26-20/h1-4,19H,5-16H2,(H,25,26,27,28)/t19-/m0/s1. The van der Waals surface area contributed by atoms with Gasteiger partial charge in [-0.15, -0.1) is 5.10 Å². The van der Waals surface area contributed by atoms with Crippen molar-refractivity contribution in [3.8, 4) is 0 Å². The molecule has 0 bridgehead atoms. The number of carbonyl (C=O) groups is 2. The summed E-state index contributed by atoms with van der Waals surface area (Å²) in [5.41, 5.74) is 0.589. The topological polar surface area (TPSA) is 108 Å². The zero-order valence-electron chi connectivity index (χ0n) is 19.2. The third-order valence-electron chi connectivity index (χ3n) is 7.44. The smallest absolute Gasteiger partial charge is 0.312 e. The number of halogens is 1. The Kier molecular flexibility index (Phi) is 6.44. The van der Waals surface area contributed by atoms with Crippen LogP contribution in [0, 0.1) is 11.2 Å². The second-order valence-electron chi connectivity index (χ2n) is 9.51. The molecule has 0 unspecified atom stereocenters. The summed E-state index contributed by atoms with van der Waals surface area (Å²) >= 11 is 0. The number of hydrogen-bond acceptors (Lipinski definition) is 8. The quantitative estimate of drug-likeness (QED) is 0.623. The number of piperidine rings is 1. The lowest BCUT2D eigenvalue weighted by atomic mass is 9.75. The van der Waals surface area contributed by atoms with E-state index in [2.05, 4.69) is 30.4 Å². The summed E-state index contributed by atoms with van der Waals surface area (Å²) in [5.74, 6) is 0.0953. The largest absolute Gasteiger partial charge is 0.462 e. The maximum absolute atomic E-state index is 13.2. The molecule has 3 aliphatic rings.